The Kier molecular flexibility index (Phi) is 6.26. The van der Waals surface area contributed by atoms with Crippen molar-refractivity contribution in [1.82, 2.24) is 24.0 Å². The quantitative estimate of drug-likeness (QED) is 0.189. The van der Waals surface area contributed by atoms with Crippen molar-refractivity contribution in [2.75, 3.05) is 0 Å². The van der Waals surface area contributed by atoms with E-state index in [0.29, 0.717) is 0 Å². The highest BCUT2D eigenvalue weighted by Crippen LogP contribution is 2.46. The number of benzene rings is 8. The Morgan fingerprint density at radius 2 is 0.947 bits per heavy atom. The lowest BCUT2D eigenvalue weighted by atomic mass is 10.0. The Bertz CT molecular complexity index is 3430. The van der Waals surface area contributed by atoms with Crippen LogP contribution in [0.1, 0.15) is 29.0 Å². The van der Waals surface area contributed by atoms with Gasteiger partial charge in [-0.3, -0.25) is 5.32 Å². The summed E-state index contributed by atoms with van der Waals surface area (Å²) < 4.78 is 7.50. The van der Waals surface area contributed by atoms with Crippen LogP contribution in [0, 0.1) is 0 Å². The van der Waals surface area contributed by atoms with Crippen LogP contribution >= 0.6 is 0 Å². The molecule has 5 heterocycles. The topological polar surface area (TPSA) is 50.2 Å². The second kappa shape index (κ2) is 11.6. The molecule has 2 N–H and O–H groups in total. The zero-order valence-corrected chi connectivity index (χ0v) is 30.8. The van der Waals surface area contributed by atoms with Crippen LogP contribution in [0.5, 0.6) is 0 Å². The van der Waals surface area contributed by atoms with Gasteiger partial charge in [0.1, 0.15) is 18.2 Å². The first kappa shape index (κ1) is 30.9. The van der Waals surface area contributed by atoms with Crippen molar-refractivity contribution in [3.63, 3.8) is 0 Å². The number of para-hydroxylation sites is 4. The summed E-state index contributed by atoms with van der Waals surface area (Å²) in [6.07, 6.45) is -0.326. The van der Waals surface area contributed by atoms with E-state index in [-0.39, 0.29) is 12.3 Å². The third kappa shape index (κ3) is 4.25. The van der Waals surface area contributed by atoms with Gasteiger partial charge in [0.05, 0.1) is 44.1 Å². The Morgan fingerprint density at radius 1 is 0.421 bits per heavy atom. The molecule has 0 fully saturated rings. The van der Waals surface area contributed by atoms with Crippen LogP contribution in [0.4, 0.5) is 0 Å². The molecule has 4 aromatic heterocycles. The summed E-state index contributed by atoms with van der Waals surface area (Å²) in [5.74, 6) is 0.859. The van der Waals surface area contributed by atoms with Crippen LogP contribution in [0.15, 0.2) is 187 Å². The largest absolute Gasteiger partial charge is 0.350 e. The smallest absolute Gasteiger partial charge is 0.131 e. The average Bonchev–Trinajstić information content (AvgIpc) is 3.92. The number of aliphatic imine (C=N–C) groups is 1. The lowest BCUT2D eigenvalue weighted by Crippen LogP contribution is -2.44. The first-order valence-corrected chi connectivity index (χ1v) is 19.6. The molecule has 1 aliphatic rings. The van der Waals surface area contributed by atoms with Crippen molar-refractivity contribution in [2.24, 2.45) is 4.99 Å². The summed E-state index contributed by atoms with van der Waals surface area (Å²) >= 11 is 0. The number of hydrogen-bond acceptors (Lipinski definition) is 3. The third-order valence-electron chi connectivity index (χ3n) is 12.2. The van der Waals surface area contributed by atoms with E-state index in [1.807, 2.05) is 0 Å². The van der Waals surface area contributed by atoms with Crippen molar-refractivity contribution in [1.29, 1.82) is 0 Å². The van der Waals surface area contributed by atoms with Crippen LogP contribution < -0.4 is 10.6 Å². The second-order valence-corrected chi connectivity index (χ2v) is 15.2. The maximum Gasteiger partial charge on any atom is 0.131 e. The molecule has 57 heavy (non-hydrogen) atoms. The molecule has 13 rings (SSSR count). The molecule has 8 aromatic carbocycles. The summed E-state index contributed by atoms with van der Waals surface area (Å²) in [5, 5.41) is 15.1. The highest BCUT2D eigenvalue weighted by atomic mass is 15.3. The van der Waals surface area contributed by atoms with Gasteiger partial charge in [0.2, 0.25) is 0 Å². The van der Waals surface area contributed by atoms with Crippen molar-refractivity contribution >= 4 is 82.3 Å². The van der Waals surface area contributed by atoms with E-state index in [1.165, 1.54) is 76.5 Å². The zero-order chi connectivity index (χ0) is 37.2. The van der Waals surface area contributed by atoms with Gasteiger partial charge in [0.25, 0.3) is 0 Å². The molecular weight excluding hydrogens is 697 g/mol. The Morgan fingerprint density at radius 3 is 1.54 bits per heavy atom. The van der Waals surface area contributed by atoms with Gasteiger partial charge < -0.3 is 18.7 Å². The predicted molar refractivity (Wildman–Crippen MR) is 235 cm³/mol. The van der Waals surface area contributed by atoms with Gasteiger partial charge in [-0.15, -0.1) is 0 Å². The second-order valence-electron chi connectivity index (χ2n) is 15.2. The fourth-order valence-corrected chi connectivity index (χ4v) is 9.83. The van der Waals surface area contributed by atoms with E-state index in [9.17, 15) is 0 Å². The van der Waals surface area contributed by atoms with E-state index >= 15 is 0 Å². The number of amidine groups is 1. The average molecular weight is 731 g/mol. The monoisotopic (exact) mass is 730 g/mol. The van der Waals surface area contributed by atoms with Crippen LogP contribution in [0.3, 0.4) is 0 Å². The maximum absolute atomic E-state index is 5.31. The minimum absolute atomic E-state index is 0.116. The SMILES string of the molecule is c1ccc(C2N=C(c3cccc(-n4c5ccc6c7ccccc7n7c8ccccc8n8c9ccccc9c9ccc4c(c5c67)c98)c3)NC(c3ccccc3)N2)cc1. The lowest BCUT2D eigenvalue weighted by Gasteiger charge is -2.32. The highest BCUT2D eigenvalue weighted by Gasteiger charge is 2.28. The summed E-state index contributed by atoms with van der Waals surface area (Å²) in [6, 6.07) is 65.9. The molecule has 2 unspecified atom stereocenters. The fourth-order valence-electron chi connectivity index (χ4n) is 9.83. The molecule has 0 saturated heterocycles. The fraction of sp³-hybridized carbons (Fsp3) is 0.0392. The van der Waals surface area contributed by atoms with E-state index in [2.05, 4.69) is 206 Å². The predicted octanol–water partition coefficient (Wildman–Crippen LogP) is 11.7. The molecule has 2 atom stereocenters. The first-order valence-electron chi connectivity index (χ1n) is 19.6. The molecule has 268 valence electrons. The standard InChI is InChI=1S/C51H34N6/c1-3-14-31(15-4-1)49-52-50(32-16-5-2-6-17-32)54-51(53-49)33-18-13-19-34(30-33)55-43-28-26-37-35-20-7-9-22-39(35)56-41-24-11-12-25-42(41)57-40-23-10-8-21-36(40)38-27-29-44(55)46(48(38)57)45(43)47(37)56/h1-30,49-50,52H,(H,53,54). The third-order valence-corrected chi connectivity index (χ3v) is 12.2. The molecule has 12 aromatic rings. The Labute approximate surface area is 326 Å². The molecule has 0 radical (unpaired) electrons. The minimum Gasteiger partial charge on any atom is -0.350 e. The van der Waals surface area contributed by atoms with Gasteiger partial charge >= 0.3 is 0 Å². The number of hydrogen-bond donors (Lipinski definition) is 2. The van der Waals surface area contributed by atoms with Crippen LogP contribution in [0.2, 0.25) is 0 Å². The number of aromatic nitrogens is 3. The number of rotatable bonds is 4. The first-order chi connectivity index (χ1) is 28.3. The van der Waals surface area contributed by atoms with Gasteiger partial charge in [0.15, 0.2) is 0 Å². The van der Waals surface area contributed by atoms with Gasteiger partial charge in [-0.1, -0.05) is 133 Å². The van der Waals surface area contributed by atoms with Gasteiger partial charge in [0, 0.05) is 43.6 Å². The molecule has 6 heteroatoms. The number of nitrogens with zero attached hydrogens (tertiary/aromatic N) is 4. The van der Waals surface area contributed by atoms with Crippen LogP contribution in [-0.4, -0.2) is 19.2 Å². The van der Waals surface area contributed by atoms with Crippen molar-refractivity contribution in [2.45, 2.75) is 12.3 Å². The summed E-state index contributed by atoms with van der Waals surface area (Å²) in [7, 11) is 0. The lowest BCUT2D eigenvalue weighted by molar-refractivity contribution is 0.409. The summed E-state index contributed by atoms with van der Waals surface area (Å²) in [6.45, 7) is 0. The van der Waals surface area contributed by atoms with E-state index < -0.39 is 0 Å². The molecule has 1 aliphatic heterocycles. The maximum atomic E-state index is 5.31. The van der Waals surface area contributed by atoms with Crippen LogP contribution in [-0.2, 0) is 0 Å². The zero-order valence-electron chi connectivity index (χ0n) is 30.8. The molecule has 0 aliphatic carbocycles. The van der Waals surface area contributed by atoms with Gasteiger partial charge in [-0.05, 0) is 59.7 Å². The summed E-state index contributed by atoms with van der Waals surface area (Å²) in [5.41, 5.74) is 14.0. The molecule has 6 nitrogen and oxygen atoms in total. The molecular formula is C51H34N6. The number of nitrogens with one attached hydrogen (secondary N) is 2. The minimum atomic E-state index is -0.210. The van der Waals surface area contributed by atoms with Gasteiger partial charge in [-0.2, -0.15) is 0 Å². The van der Waals surface area contributed by atoms with Crippen LogP contribution in [0.25, 0.3) is 82.1 Å². The molecule has 0 saturated carbocycles. The van der Waals surface area contributed by atoms with Gasteiger partial charge in [-0.25, -0.2) is 4.99 Å². The normalized spacial score (nSPS) is 16.2. The molecule has 0 bridgehead atoms. The van der Waals surface area contributed by atoms with E-state index in [4.69, 9.17) is 4.99 Å². The molecule has 0 amide bonds. The van der Waals surface area contributed by atoms with E-state index in [1.54, 1.807) is 0 Å². The Balaban J connectivity index is 1.14. The van der Waals surface area contributed by atoms with Crippen molar-refractivity contribution < 1.29 is 0 Å². The number of fused-ring (bicyclic) bond motifs is 9. The Hall–Kier alpha value is -7.41. The van der Waals surface area contributed by atoms with E-state index in [0.717, 1.165) is 28.2 Å². The summed E-state index contributed by atoms with van der Waals surface area (Å²) in [4.78, 5) is 5.31. The van der Waals surface area contributed by atoms with Crippen molar-refractivity contribution in [3.05, 3.63) is 199 Å². The highest BCUT2D eigenvalue weighted by molar-refractivity contribution is 6.33. The van der Waals surface area contributed by atoms with Crippen molar-refractivity contribution in [3.8, 4) is 5.69 Å². The molecule has 0 spiro atoms.